The summed E-state index contributed by atoms with van der Waals surface area (Å²) in [4.78, 5) is 15.0. The van der Waals surface area contributed by atoms with E-state index in [9.17, 15) is 9.18 Å². The van der Waals surface area contributed by atoms with Gasteiger partial charge in [0, 0.05) is 19.6 Å². The Balaban J connectivity index is 1.46. The highest BCUT2D eigenvalue weighted by molar-refractivity contribution is 5.90. The van der Waals surface area contributed by atoms with Gasteiger partial charge in [-0.1, -0.05) is 54.6 Å². The van der Waals surface area contributed by atoms with Crippen LogP contribution in [0, 0.1) is 5.82 Å². The number of hydrogen-bond donors (Lipinski definition) is 1. The summed E-state index contributed by atoms with van der Waals surface area (Å²) < 4.78 is 18.8. The van der Waals surface area contributed by atoms with Crippen LogP contribution in [0.25, 0.3) is 10.8 Å². The summed E-state index contributed by atoms with van der Waals surface area (Å²) in [6.07, 6.45) is 0.334. The number of carbonyl (C=O) groups excluding carboxylic acids is 1. The molecule has 29 heavy (non-hydrogen) atoms. The zero-order chi connectivity index (χ0) is 20.1. The molecule has 1 atom stereocenters. The summed E-state index contributed by atoms with van der Waals surface area (Å²) in [5.41, 5.74) is 2.02. The van der Waals surface area contributed by atoms with Gasteiger partial charge in [0.15, 0.2) is 0 Å². The van der Waals surface area contributed by atoms with Crippen LogP contribution in [-0.2, 0) is 16.0 Å². The third-order valence-corrected chi connectivity index (χ3v) is 5.46. The van der Waals surface area contributed by atoms with E-state index < -0.39 is 0 Å². The fourth-order valence-corrected chi connectivity index (χ4v) is 3.92. The first-order chi connectivity index (χ1) is 14.2. The molecule has 4 nitrogen and oxygen atoms in total. The SMILES string of the molecule is O=C(Cc1cccc2ccccc12)NC[C@@H](c1ccc(F)cc1)N1CCOCC1. The Bertz CT molecular complexity index is 963. The molecule has 1 heterocycles. The Morgan fingerprint density at radius 1 is 1.00 bits per heavy atom. The van der Waals surface area contributed by atoms with E-state index in [1.165, 1.54) is 12.1 Å². The highest BCUT2D eigenvalue weighted by Crippen LogP contribution is 2.22. The number of amides is 1. The van der Waals surface area contributed by atoms with E-state index in [1.54, 1.807) is 12.1 Å². The molecule has 1 aliphatic heterocycles. The van der Waals surface area contributed by atoms with E-state index in [4.69, 9.17) is 4.74 Å². The molecule has 5 heteroatoms. The Labute approximate surface area is 170 Å². The molecule has 4 rings (SSSR count). The molecule has 3 aromatic carbocycles. The molecule has 0 aliphatic carbocycles. The quantitative estimate of drug-likeness (QED) is 0.695. The van der Waals surface area contributed by atoms with Gasteiger partial charge in [0.05, 0.1) is 25.7 Å². The zero-order valence-electron chi connectivity index (χ0n) is 16.3. The van der Waals surface area contributed by atoms with Gasteiger partial charge in [-0.3, -0.25) is 9.69 Å². The first-order valence-corrected chi connectivity index (χ1v) is 10.0. The molecule has 3 aromatic rings. The van der Waals surface area contributed by atoms with Crippen molar-refractivity contribution in [2.24, 2.45) is 0 Å². The number of fused-ring (bicyclic) bond motifs is 1. The highest BCUT2D eigenvalue weighted by Gasteiger charge is 2.23. The average Bonchev–Trinajstić information content (AvgIpc) is 2.76. The Morgan fingerprint density at radius 2 is 1.72 bits per heavy atom. The van der Waals surface area contributed by atoms with Crippen molar-refractivity contribution >= 4 is 16.7 Å². The van der Waals surface area contributed by atoms with Crippen LogP contribution in [0.3, 0.4) is 0 Å². The van der Waals surface area contributed by atoms with Gasteiger partial charge >= 0.3 is 0 Å². The average molecular weight is 392 g/mol. The normalized spacial score (nSPS) is 15.9. The van der Waals surface area contributed by atoms with Crippen LogP contribution >= 0.6 is 0 Å². The zero-order valence-corrected chi connectivity index (χ0v) is 16.3. The second-order valence-electron chi connectivity index (χ2n) is 7.33. The van der Waals surface area contributed by atoms with Crippen LogP contribution < -0.4 is 5.32 Å². The predicted molar refractivity (Wildman–Crippen MR) is 112 cm³/mol. The number of rotatable bonds is 6. The molecular weight excluding hydrogens is 367 g/mol. The summed E-state index contributed by atoms with van der Waals surface area (Å²) in [5, 5.41) is 5.33. The van der Waals surface area contributed by atoms with Crippen LogP contribution in [0.1, 0.15) is 17.2 Å². The standard InChI is InChI=1S/C24H25FN2O2/c25-21-10-8-19(9-11-21)23(27-12-14-29-15-13-27)17-26-24(28)16-20-6-3-5-18-4-1-2-7-22(18)20/h1-11,23H,12-17H2,(H,26,28)/t23-/m0/s1. The Kier molecular flexibility index (Phi) is 6.17. The van der Waals surface area contributed by atoms with Gasteiger partial charge < -0.3 is 10.1 Å². The lowest BCUT2D eigenvalue weighted by Crippen LogP contribution is -2.44. The predicted octanol–water partition coefficient (Wildman–Crippen LogP) is 3.71. The van der Waals surface area contributed by atoms with Gasteiger partial charge in [0.2, 0.25) is 5.91 Å². The van der Waals surface area contributed by atoms with Crippen molar-refractivity contribution in [3.63, 3.8) is 0 Å². The van der Waals surface area contributed by atoms with Gasteiger partial charge in [0.1, 0.15) is 5.82 Å². The fourth-order valence-electron chi connectivity index (χ4n) is 3.92. The maximum absolute atomic E-state index is 13.4. The first kappa shape index (κ1) is 19.6. The Hall–Kier alpha value is -2.76. The molecule has 0 spiro atoms. The molecule has 1 saturated heterocycles. The topological polar surface area (TPSA) is 41.6 Å². The lowest BCUT2D eigenvalue weighted by atomic mass is 10.0. The minimum absolute atomic E-state index is 0.00373. The number of ether oxygens (including phenoxy) is 1. The molecule has 1 amide bonds. The van der Waals surface area contributed by atoms with Gasteiger partial charge in [0.25, 0.3) is 0 Å². The third-order valence-electron chi connectivity index (χ3n) is 5.46. The molecule has 1 N–H and O–H groups in total. The summed E-state index contributed by atoms with van der Waals surface area (Å²) >= 11 is 0. The summed E-state index contributed by atoms with van der Waals surface area (Å²) in [5.74, 6) is -0.267. The molecule has 0 radical (unpaired) electrons. The number of nitrogens with one attached hydrogen (secondary N) is 1. The minimum atomic E-state index is -0.255. The van der Waals surface area contributed by atoms with Crippen molar-refractivity contribution in [3.05, 3.63) is 83.7 Å². The minimum Gasteiger partial charge on any atom is -0.379 e. The van der Waals surface area contributed by atoms with Crippen molar-refractivity contribution < 1.29 is 13.9 Å². The monoisotopic (exact) mass is 392 g/mol. The number of halogens is 1. The second kappa shape index (κ2) is 9.16. The largest absolute Gasteiger partial charge is 0.379 e. The molecule has 1 fully saturated rings. The summed E-state index contributed by atoms with van der Waals surface area (Å²) in [6, 6.07) is 20.7. The van der Waals surface area contributed by atoms with Gasteiger partial charge in [-0.25, -0.2) is 4.39 Å². The van der Waals surface area contributed by atoms with E-state index in [0.717, 1.165) is 35.0 Å². The number of benzene rings is 3. The molecule has 150 valence electrons. The van der Waals surface area contributed by atoms with Crippen molar-refractivity contribution in [1.29, 1.82) is 0 Å². The lowest BCUT2D eigenvalue weighted by molar-refractivity contribution is -0.120. The van der Waals surface area contributed by atoms with E-state index in [1.807, 2.05) is 30.3 Å². The maximum atomic E-state index is 13.4. The highest BCUT2D eigenvalue weighted by atomic mass is 19.1. The van der Waals surface area contributed by atoms with Crippen molar-refractivity contribution in [1.82, 2.24) is 10.2 Å². The summed E-state index contributed by atoms with van der Waals surface area (Å²) in [6.45, 7) is 3.40. The molecule has 0 bridgehead atoms. The van der Waals surface area contributed by atoms with Gasteiger partial charge in [-0.2, -0.15) is 0 Å². The number of hydrogen-bond acceptors (Lipinski definition) is 3. The molecular formula is C24H25FN2O2. The van der Waals surface area contributed by atoms with E-state index in [2.05, 4.69) is 22.3 Å². The second-order valence-corrected chi connectivity index (χ2v) is 7.33. The smallest absolute Gasteiger partial charge is 0.224 e. The van der Waals surface area contributed by atoms with E-state index in [-0.39, 0.29) is 17.8 Å². The molecule has 0 unspecified atom stereocenters. The van der Waals surface area contributed by atoms with Crippen LogP contribution in [0.5, 0.6) is 0 Å². The van der Waals surface area contributed by atoms with Crippen molar-refractivity contribution in [2.45, 2.75) is 12.5 Å². The van der Waals surface area contributed by atoms with Gasteiger partial charge in [-0.15, -0.1) is 0 Å². The maximum Gasteiger partial charge on any atom is 0.224 e. The van der Waals surface area contributed by atoms with Crippen LogP contribution in [0.2, 0.25) is 0 Å². The molecule has 0 saturated carbocycles. The third kappa shape index (κ3) is 4.81. The van der Waals surface area contributed by atoms with Crippen LogP contribution in [-0.4, -0.2) is 43.7 Å². The summed E-state index contributed by atoms with van der Waals surface area (Å²) in [7, 11) is 0. The number of carbonyl (C=O) groups is 1. The van der Waals surface area contributed by atoms with E-state index >= 15 is 0 Å². The fraction of sp³-hybridized carbons (Fsp3) is 0.292. The van der Waals surface area contributed by atoms with Gasteiger partial charge in [-0.05, 0) is 34.0 Å². The van der Waals surface area contributed by atoms with E-state index in [0.29, 0.717) is 26.2 Å². The van der Waals surface area contributed by atoms with Crippen molar-refractivity contribution in [3.8, 4) is 0 Å². The number of nitrogens with zero attached hydrogens (tertiary/aromatic N) is 1. The van der Waals surface area contributed by atoms with Crippen LogP contribution in [0.15, 0.2) is 66.7 Å². The Morgan fingerprint density at radius 3 is 2.52 bits per heavy atom. The molecule has 1 aliphatic rings. The van der Waals surface area contributed by atoms with Crippen molar-refractivity contribution in [2.75, 3.05) is 32.8 Å². The number of morpholine rings is 1. The lowest BCUT2D eigenvalue weighted by Gasteiger charge is -2.35. The molecule has 0 aromatic heterocycles. The van der Waals surface area contributed by atoms with Crippen LogP contribution in [0.4, 0.5) is 4.39 Å². The first-order valence-electron chi connectivity index (χ1n) is 10.0.